The van der Waals surface area contributed by atoms with E-state index in [-0.39, 0.29) is 0 Å². The third kappa shape index (κ3) is 4.71. The molecule has 19 heavy (non-hydrogen) atoms. The molecule has 0 aliphatic carbocycles. The monoisotopic (exact) mass is 260 g/mol. The summed E-state index contributed by atoms with van der Waals surface area (Å²) in [5.41, 5.74) is 1.23. The molecule has 1 aromatic heterocycles. The van der Waals surface area contributed by atoms with Gasteiger partial charge in [-0.05, 0) is 24.1 Å². The zero-order chi connectivity index (χ0) is 13.3. The summed E-state index contributed by atoms with van der Waals surface area (Å²) in [6.07, 6.45) is 3.41. The molecular formula is C14H20N4O. The molecule has 0 fully saturated rings. The van der Waals surface area contributed by atoms with Gasteiger partial charge < -0.3 is 10.1 Å². The van der Waals surface area contributed by atoms with Crippen LogP contribution >= 0.6 is 0 Å². The number of H-pyrrole nitrogens is 1. The van der Waals surface area contributed by atoms with Gasteiger partial charge in [-0.2, -0.15) is 5.10 Å². The van der Waals surface area contributed by atoms with Gasteiger partial charge in [-0.3, -0.25) is 5.10 Å². The highest BCUT2D eigenvalue weighted by atomic mass is 16.5. The average molecular weight is 260 g/mol. The second kappa shape index (κ2) is 7.53. The van der Waals surface area contributed by atoms with Crippen LogP contribution in [0.5, 0.6) is 5.75 Å². The van der Waals surface area contributed by atoms with E-state index in [0.29, 0.717) is 0 Å². The molecule has 1 aromatic carbocycles. The number of nitrogens with zero attached hydrogens (tertiary/aromatic N) is 2. The topological polar surface area (TPSA) is 62.8 Å². The molecule has 5 heteroatoms. The molecule has 0 atom stereocenters. The van der Waals surface area contributed by atoms with Crippen molar-refractivity contribution in [3.05, 3.63) is 42.0 Å². The number of hydrogen-bond acceptors (Lipinski definition) is 4. The zero-order valence-electron chi connectivity index (χ0n) is 11.2. The summed E-state index contributed by atoms with van der Waals surface area (Å²) in [4.78, 5) is 4.08. The van der Waals surface area contributed by atoms with Crippen LogP contribution in [-0.2, 0) is 13.0 Å². The third-order valence-corrected chi connectivity index (χ3v) is 2.70. The van der Waals surface area contributed by atoms with Crippen molar-refractivity contribution in [3.8, 4) is 5.75 Å². The van der Waals surface area contributed by atoms with Crippen LogP contribution in [0.4, 0.5) is 0 Å². The number of ether oxygens (including phenoxy) is 1. The molecule has 0 saturated heterocycles. The first-order valence-electron chi connectivity index (χ1n) is 6.65. The predicted octanol–water partition coefficient (Wildman–Crippen LogP) is 1.93. The van der Waals surface area contributed by atoms with E-state index in [0.717, 1.165) is 44.1 Å². The molecule has 0 unspecified atom stereocenters. The minimum atomic E-state index is 0.766. The molecular weight excluding hydrogens is 240 g/mol. The highest BCUT2D eigenvalue weighted by Gasteiger charge is 1.98. The van der Waals surface area contributed by atoms with E-state index in [4.69, 9.17) is 4.74 Å². The van der Waals surface area contributed by atoms with Crippen molar-refractivity contribution in [2.45, 2.75) is 26.3 Å². The molecule has 0 aliphatic heterocycles. The lowest BCUT2D eigenvalue weighted by Crippen LogP contribution is -2.17. The number of benzene rings is 1. The van der Waals surface area contributed by atoms with Crippen LogP contribution in [0.25, 0.3) is 0 Å². The molecule has 102 valence electrons. The Morgan fingerprint density at radius 1 is 1.37 bits per heavy atom. The molecule has 1 heterocycles. The van der Waals surface area contributed by atoms with E-state index in [1.54, 1.807) is 0 Å². The van der Waals surface area contributed by atoms with E-state index in [1.807, 2.05) is 12.1 Å². The van der Waals surface area contributed by atoms with Gasteiger partial charge >= 0.3 is 0 Å². The van der Waals surface area contributed by atoms with E-state index in [2.05, 4.69) is 39.6 Å². The maximum atomic E-state index is 5.61. The van der Waals surface area contributed by atoms with Crippen molar-refractivity contribution in [2.75, 3.05) is 13.2 Å². The summed E-state index contributed by atoms with van der Waals surface area (Å²) in [6.45, 7) is 4.57. The van der Waals surface area contributed by atoms with Crippen molar-refractivity contribution in [2.24, 2.45) is 0 Å². The predicted molar refractivity (Wildman–Crippen MR) is 74.0 cm³/mol. The minimum Gasteiger partial charge on any atom is -0.494 e. The third-order valence-electron chi connectivity index (χ3n) is 2.70. The normalized spacial score (nSPS) is 10.6. The smallest absolute Gasteiger partial charge is 0.137 e. The first kappa shape index (κ1) is 13.5. The second-order valence-electron chi connectivity index (χ2n) is 4.35. The van der Waals surface area contributed by atoms with Crippen molar-refractivity contribution in [1.29, 1.82) is 0 Å². The van der Waals surface area contributed by atoms with Gasteiger partial charge in [-0.25, -0.2) is 4.98 Å². The fraction of sp³-hybridized carbons (Fsp3) is 0.429. The molecule has 0 saturated carbocycles. The van der Waals surface area contributed by atoms with Gasteiger partial charge in [0.05, 0.1) is 6.61 Å². The van der Waals surface area contributed by atoms with Crippen LogP contribution < -0.4 is 10.1 Å². The molecule has 2 rings (SSSR count). The van der Waals surface area contributed by atoms with Crippen molar-refractivity contribution >= 4 is 0 Å². The van der Waals surface area contributed by atoms with E-state index in [9.17, 15) is 0 Å². The molecule has 0 spiro atoms. The number of rotatable bonds is 8. The Labute approximate surface area is 113 Å². The van der Waals surface area contributed by atoms with Gasteiger partial charge in [-0.15, -0.1) is 0 Å². The lowest BCUT2D eigenvalue weighted by molar-refractivity contribution is 0.317. The van der Waals surface area contributed by atoms with Crippen LogP contribution in [0.1, 0.15) is 24.7 Å². The van der Waals surface area contributed by atoms with E-state index < -0.39 is 0 Å². The lowest BCUT2D eigenvalue weighted by atomic mass is 10.2. The van der Waals surface area contributed by atoms with Crippen LogP contribution in [0, 0.1) is 0 Å². The Hall–Kier alpha value is -1.88. The Balaban J connectivity index is 1.73. The van der Waals surface area contributed by atoms with E-state index >= 15 is 0 Å². The molecule has 0 aliphatic rings. The Kier molecular flexibility index (Phi) is 5.37. The Morgan fingerprint density at radius 2 is 2.32 bits per heavy atom. The van der Waals surface area contributed by atoms with Crippen molar-refractivity contribution in [1.82, 2.24) is 20.5 Å². The first-order chi connectivity index (χ1) is 9.38. The first-order valence-corrected chi connectivity index (χ1v) is 6.65. The van der Waals surface area contributed by atoms with E-state index in [1.165, 1.54) is 11.9 Å². The summed E-state index contributed by atoms with van der Waals surface area (Å²) < 4.78 is 5.61. The van der Waals surface area contributed by atoms with Crippen LogP contribution in [0.3, 0.4) is 0 Å². The molecule has 5 nitrogen and oxygen atoms in total. The molecule has 0 radical (unpaired) electrons. The SMILES string of the molecule is CCCOc1cccc(CNCCc2ncn[nH]2)c1. The second-order valence-corrected chi connectivity index (χ2v) is 4.35. The van der Waals surface area contributed by atoms with Gasteiger partial charge in [0, 0.05) is 19.5 Å². The average Bonchev–Trinajstić information content (AvgIpc) is 2.95. The maximum absolute atomic E-state index is 5.61. The summed E-state index contributed by atoms with van der Waals surface area (Å²) in [5, 5.41) is 10.0. The Bertz CT molecular complexity index is 470. The summed E-state index contributed by atoms with van der Waals surface area (Å²) in [7, 11) is 0. The fourth-order valence-corrected chi connectivity index (χ4v) is 1.76. The van der Waals surface area contributed by atoms with Crippen LogP contribution in [-0.4, -0.2) is 28.3 Å². The number of nitrogens with one attached hydrogen (secondary N) is 2. The van der Waals surface area contributed by atoms with Gasteiger partial charge in [0.15, 0.2) is 0 Å². The van der Waals surface area contributed by atoms with Crippen molar-refractivity contribution < 1.29 is 4.74 Å². The fourth-order valence-electron chi connectivity index (χ4n) is 1.76. The van der Waals surface area contributed by atoms with Gasteiger partial charge in [0.1, 0.15) is 17.9 Å². The van der Waals surface area contributed by atoms with Crippen molar-refractivity contribution in [3.63, 3.8) is 0 Å². The highest BCUT2D eigenvalue weighted by Crippen LogP contribution is 2.13. The van der Waals surface area contributed by atoms with Gasteiger partial charge in [0.2, 0.25) is 0 Å². The standard InChI is InChI=1S/C14H20N4O/c1-2-8-19-13-5-3-4-12(9-13)10-15-7-6-14-16-11-17-18-14/h3-5,9,11,15H,2,6-8,10H2,1H3,(H,16,17,18). The number of aromatic nitrogens is 3. The number of aromatic amines is 1. The van der Waals surface area contributed by atoms with Crippen LogP contribution in [0.15, 0.2) is 30.6 Å². The summed E-state index contributed by atoms with van der Waals surface area (Å²) in [6, 6.07) is 8.20. The molecule has 2 aromatic rings. The molecule has 2 N–H and O–H groups in total. The molecule has 0 amide bonds. The van der Waals surface area contributed by atoms with Gasteiger partial charge in [-0.1, -0.05) is 19.1 Å². The summed E-state index contributed by atoms with van der Waals surface area (Å²) in [5.74, 6) is 1.85. The molecule has 0 bridgehead atoms. The quantitative estimate of drug-likeness (QED) is 0.712. The lowest BCUT2D eigenvalue weighted by Gasteiger charge is -2.07. The minimum absolute atomic E-state index is 0.766. The largest absolute Gasteiger partial charge is 0.494 e. The maximum Gasteiger partial charge on any atom is 0.137 e. The highest BCUT2D eigenvalue weighted by molar-refractivity contribution is 5.28. The van der Waals surface area contributed by atoms with Crippen LogP contribution in [0.2, 0.25) is 0 Å². The Morgan fingerprint density at radius 3 is 3.11 bits per heavy atom. The zero-order valence-corrected chi connectivity index (χ0v) is 11.2. The van der Waals surface area contributed by atoms with Gasteiger partial charge in [0.25, 0.3) is 0 Å². The number of hydrogen-bond donors (Lipinski definition) is 2. The summed E-state index contributed by atoms with van der Waals surface area (Å²) >= 11 is 0.